The molecule has 1 aromatic rings. The fraction of sp³-hybridized carbons (Fsp3) is 0.667. The van der Waals surface area contributed by atoms with Crippen LogP contribution in [-0.4, -0.2) is 58.8 Å². The highest BCUT2D eigenvalue weighted by Crippen LogP contribution is 2.34. The van der Waals surface area contributed by atoms with Crippen molar-refractivity contribution in [2.24, 2.45) is 10.3 Å². The van der Waals surface area contributed by atoms with Crippen molar-refractivity contribution in [3.05, 3.63) is 18.3 Å². The van der Waals surface area contributed by atoms with Crippen molar-refractivity contribution >= 4 is 28.8 Å². The van der Waals surface area contributed by atoms with Crippen LogP contribution in [0.5, 0.6) is 0 Å². The number of halogens is 1. The summed E-state index contributed by atoms with van der Waals surface area (Å²) in [6.45, 7) is 6.94. The smallest absolute Gasteiger partial charge is 0.410 e. The van der Waals surface area contributed by atoms with Gasteiger partial charge in [0.15, 0.2) is 5.82 Å². The summed E-state index contributed by atoms with van der Waals surface area (Å²) in [4.78, 5) is 16.2. The number of anilines is 1. The minimum absolute atomic E-state index is 0.0947. The van der Waals surface area contributed by atoms with Crippen LogP contribution in [0, 0.1) is 5.92 Å². The molecule has 0 saturated carbocycles. The van der Waals surface area contributed by atoms with E-state index in [9.17, 15) is 8.68 Å². The second kappa shape index (κ2) is 7.61. The summed E-state index contributed by atoms with van der Waals surface area (Å²) in [7, 11) is 2.02. The number of ether oxygens (including phenoxy) is 1. The molecule has 1 amide bonds. The molecule has 1 aromatic heterocycles. The maximum Gasteiger partial charge on any atom is 0.410 e. The minimum atomic E-state index is -1.55. The minimum Gasteiger partial charge on any atom is -0.444 e. The van der Waals surface area contributed by atoms with E-state index in [1.807, 2.05) is 40.0 Å². The normalized spacial score (nSPS) is 22.4. The first-order chi connectivity index (χ1) is 12.7. The molecule has 3 rings (SSSR count). The number of fused-ring (bicyclic) bond motifs is 1. The standard InChI is InChI=1S/C18H28FN5O2S/c1-18(2,3)26-17(25)23-10-7-13(8-11-23)14-12-15(21-27(5)19)24-16(22(14)4)6-9-20-24/h6,9,12-14H,7-8,10-11H2,1-5H3. The zero-order chi connectivity index (χ0) is 19.8. The zero-order valence-corrected chi connectivity index (χ0v) is 17.4. The molecule has 2 atom stereocenters. The summed E-state index contributed by atoms with van der Waals surface area (Å²) >= 11 is -1.55. The lowest BCUT2D eigenvalue weighted by atomic mass is 9.88. The Hall–Kier alpha value is -1.90. The van der Waals surface area contributed by atoms with Gasteiger partial charge in [0.2, 0.25) is 0 Å². The van der Waals surface area contributed by atoms with E-state index in [-0.39, 0.29) is 12.1 Å². The quantitative estimate of drug-likeness (QED) is 0.767. The van der Waals surface area contributed by atoms with E-state index in [0.717, 1.165) is 18.7 Å². The number of hydrogen-bond donors (Lipinski definition) is 0. The van der Waals surface area contributed by atoms with Crippen LogP contribution in [0.15, 0.2) is 22.7 Å². The number of piperidine rings is 1. The number of aromatic nitrogens is 2. The van der Waals surface area contributed by atoms with Gasteiger partial charge in [-0.25, -0.2) is 4.79 Å². The first-order valence-corrected chi connectivity index (χ1v) is 10.7. The molecule has 150 valence electrons. The summed E-state index contributed by atoms with van der Waals surface area (Å²) in [6.07, 6.45) is 6.61. The molecule has 9 heteroatoms. The van der Waals surface area contributed by atoms with Crippen LogP contribution in [0.2, 0.25) is 0 Å². The second-order valence-corrected chi connectivity index (χ2v) is 9.02. The van der Waals surface area contributed by atoms with E-state index in [4.69, 9.17) is 4.74 Å². The Bertz CT molecular complexity index is 758. The molecule has 2 aliphatic rings. The Morgan fingerprint density at radius 1 is 1.37 bits per heavy atom. The van der Waals surface area contributed by atoms with Gasteiger partial charge in [-0.2, -0.15) is 18.0 Å². The largest absolute Gasteiger partial charge is 0.444 e. The summed E-state index contributed by atoms with van der Waals surface area (Å²) in [5, 5.41) is 4.27. The number of carbonyl (C=O) groups excluding carboxylic acids is 1. The van der Waals surface area contributed by atoms with E-state index in [1.165, 1.54) is 6.26 Å². The Morgan fingerprint density at radius 2 is 2.04 bits per heavy atom. The van der Waals surface area contributed by atoms with E-state index >= 15 is 0 Å². The molecule has 7 nitrogen and oxygen atoms in total. The average Bonchev–Trinajstić information content (AvgIpc) is 3.06. The van der Waals surface area contributed by atoms with Gasteiger partial charge < -0.3 is 14.5 Å². The molecule has 1 fully saturated rings. The van der Waals surface area contributed by atoms with Gasteiger partial charge in [-0.3, -0.25) is 0 Å². The first kappa shape index (κ1) is 19.9. The number of hydrogen-bond acceptors (Lipinski definition) is 5. The highest BCUT2D eigenvalue weighted by Gasteiger charge is 2.35. The molecule has 0 N–H and O–H groups in total. The van der Waals surface area contributed by atoms with Crippen LogP contribution in [0.4, 0.5) is 14.5 Å². The summed E-state index contributed by atoms with van der Waals surface area (Å²) < 4.78 is 24.8. The fourth-order valence-electron chi connectivity index (χ4n) is 3.63. The van der Waals surface area contributed by atoms with Gasteiger partial charge in [0.1, 0.15) is 11.4 Å². The Labute approximate surface area is 162 Å². The predicted octanol–water partition coefficient (Wildman–Crippen LogP) is 3.46. The van der Waals surface area contributed by atoms with Gasteiger partial charge in [-0.05, 0) is 45.6 Å². The van der Waals surface area contributed by atoms with Crippen LogP contribution in [0.3, 0.4) is 0 Å². The summed E-state index contributed by atoms with van der Waals surface area (Å²) in [5.74, 6) is 1.81. The third kappa shape index (κ3) is 4.51. The molecule has 0 aliphatic carbocycles. The second-order valence-electron chi connectivity index (χ2n) is 8.03. The lowest BCUT2D eigenvalue weighted by Crippen LogP contribution is -2.47. The number of rotatable bonds is 2. The molecule has 0 radical (unpaired) electrons. The first-order valence-electron chi connectivity index (χ1n) is 9.17. The molecule has 0 spiro atoms. The van der Waals surface area contributed by atoms with Crippen molar-refractivity contribution in [3.8, 4) is 0 Å². The van der Waals surface area contributed by atoms with Crippen molar-refractivity contribution in [2.45, 2.75) is 45.3 Å². The Kier molecular flexibility index (Phi) is 5.60. The molecule has 0 aromatic carbocycles. The predicted molar refractivity (Wildman–Crippen MR) is 106 cm³/mol. The average molecular weight is 398 g/mol. The molecule has 27 heavy (non-hydrogen) atoms. The van der Waals surface area contributed by atoms with Gasteiger partial charge in [0, 0.05) is 32.5 Å². The van der Waals surface area contributed by atoms with Gasteiger partial charge in [-0.1, -0.05) is 0 Å². The topological polar surface area (TPSA) is 63.0 Å². The molecule has 0 bridgehead atoms. The molecule has 1 saturated heterocycles. The highest BCUT2D eigenvalue weighted by atomic mass is 32.2. The molecular weight excluding hydrogens is 369 g/mol. The Morgan fingerprint density at radius 3 is 2.63 bits per heavy atom. The molecule has 2 unspecified atom stereocenters. The maximum absolute atomic E-state index is 13.5. The monoisotopic (exact) mass is 397 g/mol. The van der Waals surface area contributed by atoms with Gasteiger partial charge in [0.05, 0.1) is 23.3 Å². The van der Waals surface area contributed by atoms with Gasteiger partial charge in [-0.15, -0.1) is 0 Å². The van der Waals surface area contributed by atoms with Crippen LogP contribution in [0.1, 0.15) is 33.6 Å². The summed E-state index contributed by atoms with van der Waals surface area (Å²) in [6, 6.07) is 2.01. The lowest BCUT2D eigenvalue weighted by Gasteiger charge is -2.41. The van der Waals surface area contributed by atoms with E-state index in [1.54, 1.807) is 15.8 Å². The fourth-order valence-corrected chi connectivity index (χ4v) is 4.02. The van der Waals surface area contributed by atoms with Crippen molar-refractivity contribution in [1.82, 2.24) is 14.7 Å². The van der Waals surface area contributed by atoms with Crippen LogP contribution >= 0.6 is 0 Å². The van der Waals surface area contributed by atoms with Crippen molar-refractivity contribution in [3.63, 3.8) is 0 Å². The SMILES string of the molecule is CN1c2ccnn2C(N=S(C)F)=CC1C1CCN(C(=O)OC(C)(C)C)CC1. The third-order valence-electron chi connectivity index (χ3n) is 4.86. The van der Waals surface area contributed by atoms with Crippen molar-refractivity contribution < 1.29 is 13.4 Å². The van der Waals surface area contributed by atoms with Gasteiger partial charge in [0.25, 0.3) is 0 Å². The zero-order valence-electron chi connectivity index (χ0n) is 16.6. The maximum atomic E-state index is 13.5. The number of carbonyl (C=O) groups is 1. The van der Waals surface area contributed by atoms with E-state index < -0.39 is 16.7 Å². The summed E-state index contributed by atoms with van der Waals surface area (Å²) in [5.41, 5.74) is -0.487. The number of nitrogens with zero attached hydrogens (tertiary/aromatic N) is 5. The Balaban J connectivity index is 1.72. The van der Waals surface area contributed by atoms with Crippen molar-refractivity contribution in [1.29, 1.82) is 0 Å². The number of likely N-dealkylation sites (tertiary alicyclic amines) is 1. The van der Waals surface area contributed by atoms with E-state index in [0.29, 0.717) is 24.8 Å². The van der Waals surface area contributed by atoms with Gasteiger partial charge >= 0.3 is 6.09 Å². The van der Waals surface area contributed by atoms with E-state index in [2.05, 4.69) is 14.4 Å². The lowest BCUT2D eigenvalue weighted by molar-refractivity contribution is 0.0179. The van der Waals surface area contributed by atoms with Crippen LogP contribution in [-0.2, 0) is 15.8 Å². The third-order valence-corrected chi connectivity index (χ3v) is 5.30. The van der Waals surface area contributed by atoms with Crippen LogP contribution in [0.25, 0.3) is 5.82 Å². The van der Waals surface area contributed by atoms with Crippen LogP contribution < -0.4 is 4.90 Å². The molecule has 3 heterocycles. The molecular formula is C18H28FN5O2S. The molecule has 2 aliphatic heterocycles. The van der Waals surface area contributed by atoms with Crippen molar-refractivity contribution in [2.75, 3.05) is 31.3 Å². The number of likely N-dealkylation sites (N-methyl/N-ethyl adjacent to an activating group) is 1. The highest BCUT2D eigenvalue weighted by molar-refractivity contribution is 7.81. The number of amides is 1.